The van der Waals surface area contributed by atoms with Crippen LogP contribution in [-0.4, -0.2) is 10.4 Å². The minimum Gasteiger partial charge on any atom is -0.276 e. The van der Waals surface area contributed by atoms with Gasteiger partial charge in [-0.15, -0.1) is 0 Å². The molecule has 174 valence electrons. The zero-order valence-corrected chi connectivity index (χ0v) is 20.8. The summed E-state index contributed by atoms with van der Waals surface area (Å²) in [6.45, 7) is 7.15. The molecule has 4 rings (SSSR count). The lowest BCUT2D eigenvalue weighted by molar-refractivity contribution is 0.0437. The Labute approximate surface area is 206 Å². The fraction of sp³-hybridized carbons (Fsp3) is 0.273. The predicted molar refractivity (Wildman–Crippen MR) is 145 cm³/mol. The molecular formula is C33H37N. The van der Waals surface area contributed by atoms with Crippen LogP contribution >= 0.6 is 0 Å². The van der Waals surface area contributed by atoms with Crippen molar-refractivity contribution in [2.75, 3.05) is 0 Å². The van der Waals surface area contributed by atoms with Gasteiger partial charge in [-0.1, -0.05) is 141 Å². The SMILES string of the molecule is CCCCC(C)(C)N(C(c1ccccc1)c1ccccc1)C(c1ccccc1)c1ccccc1. The first kappa shape index (κ1) is 24.0. The molecule has 0 saturated carbocycles. The van der Waals surface area contributed by atoms with Crippen LogP contribution < -0.4 is 0 Å². The Morgan fingerprint density at radius 1 is 0.529 bits per heavy atom. The lowest BCUT2D eigenvalue weighted by Crippen LogP contribution is -2.49. The molecule has 0 aliphatic carbocycles. The summed E-state index contributed by atoms with van der Waals surface area (Å²) in [6.07, 6.45) is 3.53. The molecule has 34 heavy (non-hydrogen) atoms. The maximum atomic E-state index is 2.78. The van der Waals surface area contributed by atoms with Crippen LogP contribution in [0.3, 0.4) is 0 Å². The highest BCUT2D eigenvalue weighted by atomic mass is 15.2. The topological polar surface area (TPSA) is 3.24 Å². The quantitative estimate of drug-likeness (QED) is 0.235. The molecule has 0 saturated heterocycles. The first-order chi connectivity index (χ1) is 16.6. The fourth-order valence-corrected chi connectivity index (χ4v) is 5.16. The molecule has 0 N–H and O–H groups in total. The lowest BCUT2D eigenvalue weighted by atomic mass is 9.83. The standard InChI is InChI=1S/C33H37N/c1-4-5-26-33(2,3)34(31(27-18-10-6-11-19-27)28-20-12-7-13-21-28)32(29-22-14-8-15-23-29)30-24-16-9-17-25-30/h6-25,31-32H,4-5,26H2,1-3H3. The second-order valence-corrected chi connectivity index (χ2v) is 9.77. The molecule has 0 heterocycles. The van der Waals surface area contributed by atoms with Crippen LogP contribution in [0.25, 0.3) is 0 Å². The van der Waals surface area contributed by atoms with Crippen LogP contribution in [-0.2, 0) is 0 Å². The average molecular weight is 448 g/mol. The zero-order valence-electron chi connectivity index (χ0n) is 20.8. The van der Waals surface area contributed by atoms with Gasteiger partial charge in [-0.25, -0.2) is 0 Å². The van der Waals surface area contributed by atoms with E-state index in [0.29, 0.717) is 0 Å². The molecule has 0 aliphatic heterocycles. The molecule has 0 radical (unpaired) electrons. The molecule has 0 spiro atoms. The minimum absolute atomic E-state index is 0.0390. The van der Waals surface area contributed by atoms with Gasteiger partial charge in [-0.2, -0.15) is 0 Å². The molecule has 0 bridgehead atoms. The molecule has 0 fully saturated rings. The summed E-state index contributed by atoms with van der Waals surface area (Å²) in [6, 6.07) is 44.3. The van der Waals surface area contributed by atoms with Crippen LogP contribution in [0.15, 0.2) is 121 Å². The second kappa shape index (κ2) is 11.3. The van der Waals surface area contributed by atoms with Gasteiger partial charge in [0.05, 0.1) is 12.1 Å². The number of hydrogen-bond acceptors (Lipinski definition) is 1. The molecule has 0 aliphatic rings. The summed E-state index contributed by atoms with van der Waals surface area (Å²) >= 11 is 0. The average Bonchev–Trinajstić information content (AvgIpc) is 2.89. The second-order valence-electron chi connectivity index (χ2n) is 9.77. The highest BCUT2D eigenvalue weighted by Crippen LogP contribution is 2.45. The highest BCUT2D eigenvalue weighted by molar-refractivity contribution is 5.38. The van der Waals surface area contributed by atoms with Crippen LogP contribution in [0.5, 0.6) is 0 Å². The van der Waals surface area contributed by atoms with Gasteiger partial charge in [-0.05, 0) is 42.5 Å². The summed E-state index contributed by atoms with van der Waals surface area (Å²) < 4.78 is 0. The van der Waals surface area contributed by atoms with E-state index in [2.05, 4.69) is 147 Å². The van der Waals surface area contributed by atoms with Gasteiger partial charge in [0.2, 0.25) is 0 Å². The van der Waals surface area contributed by atoms with E-state index in [1.807, 2.05) is 0 Å². The van der Waals surface area contributed by atoms with E-state index in [4.69, 9.17) is 0 Å². The molecular weight excluding hydrogens is 410 g/mol. The van der Waals surface area contributed by atoms with Crippen molar-refractivity contribution in [3.05, 3.63) is 144 Å². The monoisotopic (exact) mass is 447 g/mol. The van der Waals surface area contributed by atoms with Crippen molar-refractivity contribution in [2.45, 2.75) is 57.7 Å². The van der Waals surface area contributed by atoms with Crippen LogP contribution in [0.4, 0.5) is 0 Å². The third-order valence-corrected chi connectivity index (χ3v) is 6.86. The van der Waals surface area contributed by atoms with E-state index in [1.54, 1.807) is 0 Å². The van der Waals surface area contributed by atoms with Crippen molar-refractivity contribution >= 4 is 0 Å². The Kier molecular flexibility index (Phi) is 7.98. The molecule has 4 aromatic rings. The first-order valence-electron chi connectivity index (χ1n) is 12.6. The van der Waals surface area contributed by atoms with E-state index in [0.717, 1.165) is 6.42 Å². The van der Waals surface area contributed by atoms with E-state index in [9.17, 15) is 0 Å². The molecule has 4 aromatic carbocycles. The third-order valence-electron chi connectivity index (χ3n) is 6.86. The van der Waals surface area contributed by atoms with Crippen LogP contribution in [0.1, 0.15) is 74.4 Å². The largest absolute Gasteiger partial charge is 0.276 e. The van der Waals surface area contributed by atoms with Gasteiger partial charge in [0.15, 0.2) is 0 Å². The smallest absolute Gasteiger partial charge is 0.0615 e. The van der Waals surface area contributed by atoms with Gasteiger partial charge in [0.1, 0.15) is 0 Å². The molecule has 0 aromatic heterocycles. The zero-order chi connectivity index (χ0) is 23.8. The molecule has 0 unspecified atom stereocenters. The fourth-order valence-electron chi connectivity index (χ4n) is 5.16. The predicted octanol–water partition coefficient (Wildman–Crippen LogP) is 8.84. The van der Waals surface area contributed by atoms with Crippen molar-refractivity contribution in [1.29, 1.82) is 0 Å². The molecule has 0 atom stereocenters. The van der Waals surface area contributed by atoms with Crippen molar-refractivity contribution in [3.63, 3.8) is 0 Å². The number of hydrogen-bond donors (Lipinski definition) is 0. The normalized spacial score (nSPS) is 11.9. The highest BCUT2D eigenvalue weighted by Gasteiger charge is 2.40. The van der Waals surface area contributed by atoms with Gasteiger partial charge >= 0.3 is 0 Å². The number of benzene rings is 4. The van der Waals surface area contributed by atoms with Crippen molar-refractivity contribution in [1.82, 2.24) is 4.90 Å². The summed E-state index contributed by atoms with van der Waals surface area (Å²) in [5.41, 5.74) is 5.28. The Hall–Kier alpha value is -3.16. The summed E-state index contributed by atoms with van der Waals surface area (Å²) in [7, 11) is 0. The van der Waals surface area contributed by atoms with Crippen molar-refractivity contribution in [2.24, 2.45) is 0 Å². The molecule has 0 amide bonds. The maximum absolute atomic E-state index is 2.78. The summed E-state index contributed by atoms with van der Waals surface area (Å²) in [4.78, 5) is 2.78. The van der Waals surface area contributed by atoms with Gasteiger partial charge in [-0.3, -0.25) is 4.90 Å². The summed E-state index contributed by atoms with van der Waals surface area (Å²) in [5, 5.41) is 0. The van der Waals surface area contributed by atoms with Gasteiger partial charge in [0, 0.05) is 5.54 Å². The number of rotatable bonds is 10. The Morgan fingerprint density at radius 3 is 1.09 bits per heavy atom. The van der Waals surface area contributed by atoms with E-state index in [1.165, 1.54) is 35.1 Å². The molecule has 1 nitrogen and oxygen atoms in total. The number of unbranched alkanes of at least 4 members (excludes halogenated alkanes) is 1. The lowest BCUT2D eigenvalue weighted by Gasteiger charge is -2.49. The Balaban J connectivity index is 1.98. The van der Waals surface area contributed by atoms with Crippen LogP contribution in [0, 0.1) is 0 Å². The first-order valence-corrected chi connectivity index (χ1v) is 12.6. The number of nitrogens with zero attached hydrogens (tertiary/aromatic N) is 1. The van der Waals surface area contributed by atoms with Crippen molar-refractivity contribution in [3.8, 4) is 0 Å². The van der Waals surface area contributed by atoms with E-state index < -0.39 is 0 Å². The van der Waals surface area contributed by atoms with Gasteiger partial charge in [0.25, 0.3) is 0 Å². The Morgan fingerprint density at radius 2 is 0.824 bits per heavy atom. The maximum Gasteiger partial charge on any atom is 0.0615 e. The van der Waals surface area contributed by atoms with Gasteiger partial charge < -0.3 is 0 Å². The third kappa shape index (κ3) is 5.48. The Bertz CT molecular complexity index is 942. The summed E-state index contributed by atoms with van der Waals surface area (Å²) in [5.74, 6) is 0. The van der Waals surface area contributed by atoms with E-state index >= 15 is 0 Å². The van der Waals surface area contributed by atoms with Crippen LogP contribution in [0.2, 0.25) is 0 Å². The van der Waals surface area contributed by atoms with Crippen molar-refractivity contribution < 1.29 is 0 Å². The van der Waals surface area contributed by atoms with E-state index in [-0.39, 0.29) is 17.6 Å². The molecule has 1 heteroatoms. The minimum atomic E-state index is -0.0390.